The van der Waals surface area contributed by atoms with Gasteiger partial charge in [0.05, 0.1) is 11.7 Å². The fourth-order valence-corrected chi connectivity index (χ4v) is 4.56. The van der Waals surface area contributed by atoms with E-state index >= 15 is 0 Å². The topological polar surface area (TPSA) is 50.5 Å². The molecule has 188 valence electrons. The van der Waals surface area contributed by atoms with Gasteiger partial charge in [-0.1, -0.05) is 92.2 Å². The van der Waals surface area contributed by atoms with Crippen LogP contribution in [-0.2, 0) is 20.0 Å². The van der Waals surface area contributed by atoms with E-state index in [1.807, 2.05) is 60.3 Å². The maximum atomic E-state index is 11.0. The zero-order valence-corrected chi connectivity index (χ0v) is 21.8. The molecule has 4 aromatic rings. The van der Waals surface area contributed by atoms with Crippen LogP contribution in [0.5, 0.6) is 11.6 Å². The van der Waals surface area contributed by atoms with E-state index in [-0.39, 0.29) is 0 Å². The van der Waals surface area contributed by atoms with Gasteiger partial charge in [-0.2, -0.15) is 5.10 Å². The van der Waals surface area contributed by atoms with Gasteiger partial charge in [-0.3, -0.25) is 4.90 Å². The number of aliphatic hydroxyl groups excluding tert-OH is 1. The van der Waals surface area contributed by atoms with Crippen molar-refractivity contribution in [1.82, 2.24) is 14.7 Å². The molecular weight excluding hydrogens is 446 g/mol. The minimum absolute atomic E-state index is 0.451. The average Bonchev–Trinajstić information content (AvgIpc) is 3.16. The second-order valence-corrected chi connectivity index (χ2v) is 9.97. The van der Waals surface area contributed by atoms with E-state index in [1.54, 1.807) is 0 Å². The van der Waals surface area contributed by atoms with Gasteiger partial charge in [-0.25, -0.2) is 4.68 Å². The number of aromatic nitrogens is 2. The van der Waals surface area contributed by atoms with Crippen LogP contribution in [0.2, 0.25) is 0 Å². The molecule has 0 aliphatic heterocycles. The molecule has 0 bridgehead atoms. The molecule has 1 N–H and O–H groups in total. The van der Waals surface area contributed by atoms with E-state index in [0.717, 1.165) is 40.6 Å². The van der Waals surface area contributed by atoms with Gasteiger partial charge in [-0.15, -0.1) is 0 Å². The zero-order chi connectivity index (χ0) is 25.5. The Bertz CT molecular complexity index is 1220. The summed E-state index contributed by atoms with van der Waals surface area (Å²) in [4.78, 5) is 2.32. The van der Waals surface area contributed by atoms with Crippen molar-refractivity contribution in [2.24, 2.45) is 13.0 Å². The minimum Gasteiger partial charge on any atom is -0.439 e. The molecule has 4 rings (SSSR count). The van der Waals surface area contributed by atoms with Crippen molar-refractivity contribution < 1.29 is 9.84 Å². The highest BCUT2D eigenvalue weighted by Crippen LogP contribution is 2.34. The summed E-state index contributed by atoms with van der Waals surface area (Å²) in [5.41, 5.74) is 5.32. The van der Waals surface area contributed by atoms with Gasteiger partial charge in [0.15, 0.2) is 0 Å². The van der Waals surface area contributed by atoms with Gasteiger partial charge in [-0.05, 0) is 37.0 Å². The first-order valence-electron chi connectivity index (χ1n) is 12.7. The van der Waals surface area contributed by atoms with Crippen molar-refractivity contribution in [3.8, 4) is 22.9 Å². The van der Waals surface area contributed by atoms with Gasteiger partial charge in [0.1, 0.15) is 11.4 Å². The second kappa shape index (κ2) is 12.0. The largest absolute Gasteiger partial charge is 0.439 e. The van der Waals surface area contributed by atoms with Crippen LogP contribution in [0.15, 0.2) is 84.9 Å². The Morgan fingerprint density at radius 1 is 0.889 bits per heavy atom. The van der Waals surface area contributed by atoms with Crippen LogP contribution in [0.4, 0.5) is 0 Å². The lowest BCUT2D eigenvalue weighted by atomic mass is 10.0. The highest BCUT2D eigenvalue weighted by Gasteiger charge is 2.24. The summed E-state index contributed by atoms with van der Waals surface area (Å²) in [6.07, 6.45) is 0.158. The number of rotatable bonds is 11. The van der Waals surface area contributed by atoms with Crippen LogP contribution in [0.1, 0.15) is 30.5 Å². The minimum atomic E-state index is -0.468. The molecule has 0 aliphatic rings. The normalized spacial score (nSPS) is 12.3. The van der Waals surface area contributed by atoms with Gasteiger partial charge in [0, 0.05) is 32.2 Å². The molecule has 0 radical (unpaired) electrons. The van der Waals surface area contributed by atoms with Crippen LogP contribution in [0.3, 0.4) is 0 Å². The van der Waals surface area contributed by atoms with Crippen LogP contribution in [0, 0.1) is 12.8 Å². The molecule has 0 saturated heterocycles. The molecule has 0 unspecified atom stereocenters. The first-order valence-corrected chi connectivity index (χ1v) is 12.7. The van der Waals surface area contributed by atoms with Crippen LogP contribution >= 0.6 is 0 Å². The van der Waals surface area contributed by atoms with Crippen molar-refractivity contribution in [3.63, 3.8) is 0 Å². The molecule has 3 aromatic carbocycles. The zero-order valence-electron chi connectivity index (χ0n) is 21.8. The maximum Gasteiger partial charge on any atom is 0.222 e. The highest BCUT2D eigenvalue weighted by atomic mass is 16.5. The number of hydrogen-bond acceptors (Lipinski definition) is 4. The van der Waals surface area contributed by atoms with E-state index in [1.165, 1.54) is 5.56 Å². The molecule has 1 atom stereocenters. The molecule has 36 heavy (non-hydrogen) atoms. The molecule has 5 nitrogen and oxygen atoms in total. The third-order valence-corrected chi connectivity index (χ3v) is 6.16. The fourth-order valence-electron chi connectivity index (χ4n) is 4.56. The summed E-state index contributed by atoms with van der Waals surface area (Å²) >= 11 is 0. The molecule has 1 aromatic heterocycles. The predicted octanol–water partition coefficient (Wildman–Crippen LogP) is 6.25. The summed E-state index contributed by atoms with van der Waals surface area (Å²) in [6, 6.07) is 28.5. The third kappa shape index (κ3) is 6.84. The van der Waals surface area contributed by atoms with Crippen LogP contribution in [0.25, 0.3) is 11.3 Å². The lowest BCUT2D eigenvalue weighted by Crippen LogP contribution is -2.35. The van der Waals surface area contributed by atoms with Crippen molar-refractivity contribution in [2.45, 2.75) is 39.8 Å². The first kappa shape index (κ1) is 25.7. The molecule has 0 aliphatic carbocycles. The second-order valence-electron chi connectivity index (χ2n) is 9.97. The summed E-state index contributed by atoms with van der Waals surface area (Å²) in [5, 5.41) is 15.9. The fraction of sp³-hybridized carbons (Fsp3) is 0.323. The Hall–Kier alpha value is -3.41. The number of nitrogens with zero attached hydrogens (tertiary/aromatic N) is 3. The van der Waals surface area contributed by atoms with Gasteiger partial charge >= 0.3 is 0 Å². The number of ether oxygens (including phenoxy) is 1. The summed E-state index contributed by atoms with van der Waals surface area (Å²) in [7, 11) is 1.93. The van der Waals surface area contributed by atoms with Crippen LogP contribution in [-0.4, -0.2) is 39.0 Å². The average molecular weight is 484 g/mol. The highest BCUT2D eigenvalue weighted by molar-refractivity contribution is 5.65. The van der Waals surface area contributed by atoms with Crippen molar-refractivity contribution in [1.29, 1.82) is 0 Å². The monoisotopic (exact) mass is 483 g/mol. The molecule has 0 amide bonds. The quantitative estimate of drug-likeness (QED) is 0.274. The SMILES string of the molecule is Cc1ccc(Oc2c(CN(CC(C)C)C[C@@H](O)Cc3ccccc3)c(-c3ccccc3)nn2C)cc1. The summed E-state index contributed by atoms with van der Waals surface area (Å²) in [6.45, 7) is 8.54. The van der Waals surface area contributed by atoms with Gasteiger partial charge in [0.2, 0.25) is 5.88 Å². The standard InChI is InChI=1S/C31H37N3O2/c1-23(2)20-34(21-27(35)19-25-11-7-5-8-12-25)22-29-30(26-13-9-6-10-14-26)32-33(4)31(29)36-28-17-15-24(3)16-18-28/h5-18,23,27,35H,19-22H2,1-4H3/t27-/m0/s1. The van der Waals surface area contributed by atoms with E-state index in [2.05, 4.69) is 62.1 Å². The molecular formula is C31H37N3O2. The molecule has 0 spiro atoms. The van der Waals surface area contributed by atoms with E-state index < -0.39 is 6.10 Å². The van der Waals surface area contributed by atoms with Crippen LogP contribution < -0.4 is 4.74 Å². The van der Waals surface area contributed by atoms with Crippen molar-refractivity contribution in [3.05, 3.63) is 102 Å². The molecule has 0 fully saturated rings. The van der Waals surface area contributed by atoms with Crippen molar-refractivity contribution >= 4 is 0 Å². The number of aryl methyl sites for hydroxylation is 2. The molecule has 0 saturated carbocycles. The smallest absolute Gasteiger partial charge is 0.222 e. The van der Waals surface area contributed by atoms with E-state index in [0.29, 0.717) is 25.4 Å². The Morgan fingerprint density at radius 3 is 2.17 bits per heavy atom. The Morgan fingerprint density at radius 2 is 1.53 bits per heavy atom. The van der Waals surface area contributed by atoms with E-state index in [9.17, 15) is 5.11 Å². The summed E-state index contributed by atoms with van der Waals surface area (Å²) in [5.74, 6) is 1.96. The van der Waals surface area contributed by atoms with Gasteiger partial charge in [0.25, 0.3) is 0 Å². The predicted molar refractivity (Wildman–Crippen MR) is 146 cm³/mol. The Balaban J connectivity index is 1.65. The first-order chi connectivity index (χ1) is 17.4. The Labute approximate surface area is 215 Å². The lowest BCUT2D eigenvalue weighted by molar-refractivity contribution is 0.101. The number of benzene rings is 3. The number of hydrogen-bond donors (Lipinski definition) is 1. The number of aliphatic hydroxyl groups is 1. The maximum absolute atomic E-state index is 11.0. The summed E-state index contributed by atoms with van der Waals surface area (Å²) < 4.78 is 8.24. The molecule has 5 heteroatoms. The van der Waals surface area contributed by atoms with Crippen molar-refractivity contribution in [2.75, 3.05) is 13.1 Å². The lowest BCUT2D eigenvalue weighted by Gasteiger charge is -2.27. The Kier molecular flexibility index (Phi) is 8.57. The van der Waals surface area contributed by atoms with E-state index in [4.69, 9.17) is 9.84 Å². The third-order valence-electron chi connectivity index (χ3n) is 6.16. The molecule has 1 heterocycles. The van der Waals surface area contributed by atoms with Gasteiger partial charge < -0.3 is 9.84 Å².